The number of carbonyl (C=O) groups excluding carboxylic acids is 2. The maximum Gasteiger partial charge on any atom is 0.338 e. The third-order valence-corrected chi connectivity index (χ3v) is 3.54. The molecular weight excluding hydrogens is 314 g/mol. The van der Waals surface area contributed by atoms with Crippen molar-refractivity contribution >= 4 is 29.2 Å². The normalized spacial score (nSPS) is 10.2. The van der Waals surface area contributed by atoms with Crippen LogP contribution in [0, 0.1) is 0 Å². The smallest absolute Gasteiger partial charge is 0.338 e. The zero-order valence-electron chi connectivity index (χ0n) is 12.8. The fourth-order valence-corrected chi connectivity index (χ4v) is 2.18. The monoisotopic (exact) mass is 331 g/mol. The predicted octanol–water partition coefficient (Wildman–Crippen LogP) is 4.55. The molecule has 5 heteroatoms. The molecule has 0 fully saturated rings. The van der Waals surface area contributed by atoms with E-state index in [-0.39, 0.29) is 5.91 Å². The van der Waals surface area contributed by atoms with Gasteiger partial charge in [-0.1, -0.05) is 43.1 Å². The van der Waals surface area contributed by atoms with Crippen LogP contribution in [0.25, 0.3) is 0 Å². The first kappa shape index (κ1) is 17.0. The van der Waals surface area contributed by atoms with Crippen LogP contribution in [-0.4, -0.2) is 18.5 Å². The van der Waals surface area contributed by atoms with Crippen LogP contribution in [0.15, 0.2) is 48.5 Å². The van der Waals surface area contributed by atoms with Gasteiger partial charge in [0.15, 0.2) is 0 Å². The van der Waals surface area contributed by atoms with Crippen molar-refractivity contribution in [3.8, 4) is 0 Å². The molecule has 2 rings (SSSR count). The van der Waals surface area contributed by atoms with Crippen LogP contribution in [0.4, 0.5) is 5.69 Å². The molecule has 2 aromatic carbocycles. The number of nitrogens with one attached hydrogen (secondary N) is 1. The molecule has 0 aromatic heterocycles. The van der Waals surface area contributed by atoms with Crippen LogP contribution >= 0.6 is 11.6 Å². The van der Waals surface area contributed by atoms with Gasteiger partial charge in [-0.3, -0.25) is 4.79 Å². The van der Waals surface area contributed by atoms with Crippen LogP contribution in [0.1, 0.15) is 40.5 Å². The lowest BCUT2D eigenvalue weighted by Gasteiger charge is -2.08. The number of ether oxygens (including phenoxy) is 1. The van der Waals surface area contributed by atoms with E-state index in [1.54, 1.807) is 48.5 Å². The number of hydrogen-bond acceptors (Lipinski definition) is 3. The molecule has 0 saturated carbocycles. The Bertz CT molecular complexity index is 700. The largest absolute Gasteiger partial charge is 0.462 e. The minimum Gasteiger partial charge on any atom is -0.462 e. The molecule has 2 aromatic rings. The van der Waals surface area contributed by atoms with Crippen LogP contribution in [0.5, 0.6) is 0 Å². The fourth-order valence-electron chi connectivity index (χ4n) is 1.96. The molecule has 120 valence electrons. The molecule has 0 radical (unpaired) electrons. The van der Waals surface area contributed by atoms with Crippen molar-refractivity contribution in [3.63, 3.8) is 0 Å². The van der Waals surface area contributed by atoms with Crippen molar-refractivity contribution in [2.75, 3.05) is 11.9 Å². The number of esters is 1. The van der Waals surface area contributed by atoms with Gasteiger partial charge >= 0.3 is 5.97 Å². The molecule has 0 atom stereocenters. The lowest BCUT2D eigenvalue weighted by atomic mass is 10.1. The second-order valence-electron chi connectivity index (χ2n) is 5.00. The molecule has 0 aliphatic carbocycles. The highest BCUT2D eigenvalue weighted by Crippen LogP contribution is 2.18. The zero-order chi connectivity index (χ0) is 16.7. The molecule has 0 bridgehead atoms. The number of halogens is 1. The molecule has 0 spiro atoms. The molecular formula is C18H18ClNO3. The number of hydrogen-bond donors (Lipinski definition) is 1. The van der Waals surface area contributed by atoms with Crippen LogP contribution in [-0.2, 0) is 4.74 Å². The summed E-state index contributed by atoms with van der Waals surface area (Å²) in [7, 11) is 0. The van der Waals surface area contributed by atoms with E-state index in [0.717, 1.165) is 12.8 Å². The average Bonchev–Trinajstić information content (AvgIpc) is 2.55. The number of benzene rings is 2. The summed E-state index contributed by atoms with van der Waals surface area (Å²) in [6.07, 6.45) is 1.79. The minimum atomic E-state index is -0.396. The summed E-state index contributed by atoms with van der Waals surface area (Å²) in [6.45, 7) is 2.42. The van der Waals surface area contributed by atoms with Gasteiger partial charge in [-0.2, -0.15) is 0 Å². The Balaban J connectivity index is 2.07. The van der Waals surface area contributed by atoms with Crippen molar-refractivity contribution in [2.24, 2.45) is 0 Å². The van der Waals surface area contributed by atoms with E-state index in [0.29, 0.717) is 28.4 Å². The first-order valence-corrected chi connectivity index (χ1v) is 7.82. The number of anilines is 1. The Labute approximate surface area is 140 Å². The van der Waals surface area contributed by atoms with Gasteiger partial charge in [0.25, 0.3) is 5.91 Å². The van der Waals surface area contributed by atoms with Crippen LogP contribution < -0.4 is 5.32 Å². The molecule has 0 aliphatic heterocycles. The van der Waals surface area contributed by atoms with Crippen molar-refractivity contribution in [1.82, 2.24) is 0 Å². The van der Waals surface area contributed by atoms with E-state index < -0.39 is 5.97 Å². The SMILES string of the molecule is CCCCOC(=O)c1cccc(NC(=O)c2ccccc2Cl)c1. The summed E-state index contributed by atoms with van der Waals surface area (Å²) in [5.74, 6) is -0.723. The Morgan fingerprint density at radius 2 is 1.91 bits per heavy atom. The third-order valence-electron chi connectivity index (χ3n) is 3.21. The second kappa shape index (κ2) is 8.34. The van der Waals surface area contributed by atoms with Crippen molar-refractivity contribution < 1.29 is 14.3 Å². The van der Waals surface area contributed by atoms with Crippen molar-refractivity contribution in [1.29, 1.82) is 0 Å². The summed E-state index contributed by atoms with van der Waals surface area (Å²) in [6, 6.07) is 13.4. The highest BCUT2D eigenvalue weighted by molar-refractivity contribution is 6.34. The maximum absolute atomic E-state index is 12.2. The predicted molar refractivity (Wildman–Crippen MR) is 91.0 cm³/mol. The zero-order valence-corrected chi connectivity index (χ0v) is 13.6. The fraction of sp³-hybridized carbons (Fsp3) is 0.222. The van der Waals surface area contributed by atoms with Crippen molar-refractivity contribution in [3.05, 3.63) is 64.7 Å². The molecule has 0 saturated heterocycles. The van der Waals surface area contributed by atoms with E-state index >= 15 is 0 Å². The Morgan fingerprint density at radius 3 is 2.65 bits per heavy atom. The van der Waals surface area contributed by atoms with Crippen LogP contribution in [0.2, 0.25) is 5.02 Å². The third kappa shape index (κ3) is 4.83. The molecule has 0 heterocycles. The topological polar surface area (TPSA) is 55.4 Å². The molecule has 1 amide bonds. The molecule has 23 heavy (non-hydrogen) atoms. The summed E-state index contributed by atoms with van der Waals surface area (Å²) in [4.78, 5) is 24.1. The highest BCUT2D eigenvalue weighted by Gasteiger charge is 2.12. The van der Waals surface area contributed by atoms with Gasteiger partial charge in [-0.25, -0.2) is 4.79 Å². The van der Waals surface area contributed by atoms with Gasteiger partial charge in [-0.05, 0) is 36.8 Å². The number of carbonyl (C=O) groups is 2. The minimum absolute atomic E-state index is 0.327. The molecule has 1 N–H and O–H groups in total. The van der Waals surface area contributed by atoms with E-state index in [4.69, 9.17) is 16.3 Å². The Morgan fingerprint density at radius 1 is 1.13 bits per heavy atom. The van der Waals surface area contributed by atoms with E-state index in [9.17, 15) is 9.59 Å². The van der Waals surface area contributed by atoms with Gasteiger partial charge in [0, 0.05) is 5.69 Å². The van der Waals surface area contributed by atoms with Gasteiger partial charge in [-0.15, -0.1) is 0 Å². The summed E-state index contributed by atoms with van der Waals surface area (Å²) >= 11 is 6.00. The highest BCUT2D eigenvalue weighted by atomic mass is 35.5. The van der Waals surface area contributed by atoms with E-state index in [1.807, 2.05) is 6.92 Å². The van der Waals surface area contributed by atoms with E-state index in [2.05, 4.69) is 5.32 Å². The summed E-state index contributed by atoms with van der Waals surface area (Å²) in [5, 5.41) is 3.11. The van der Waals surface area contributed by atoms with Gasteiger partial charge in [0.1, 0.15) is 0 Å². The molecule has 0 aliphatic rings. The lowest BCUT2D eigenvalue weighted by Crippen LogP contribution is -2.13. The second-order valence-corrected chi connectivity index (χ2v) is 5.41. The Kier molecular flexibility index (Phi) is 6.18. The first-order valence-electron chi connectivity index (χ1n) is 7.45. The standard InChI is InChI=1S/C18H18ClNO3/c1-2-3-11-23-18(22)13-7-6-8-14(12-13)20-17(21)15-9-4-5-10-16(15)19/h4-10,12H,2-3,11H2,1H3,(H,20,21). The summed E-state index contributed by atoms with van der Waals surface area (Å²) < 4.78 is 5.16. The van der Waals surface area contributed by atoms with Gasteiger partial charge in [0.05, 0.1) is 22.8 Å². The first-order chi connectivity index (χ1) is 11.1. The lowest BCUT2D eigenvalue weighted by molar-refractivity contribution is 0.0499. The maximum atomic E-state index is 12.2. The molecule has 4 nitrogen and oxygen atoms in total. The van der Waals surface area contributed by atoms with Crippen LogP contribution in [0.3, 0.4) is 0 Å². The molecule has 0 unspecified atom stereocenters. The van der Waals surface area contributed by atoms with E-state index in [1.165, 1.54) is 0 Å². The summed E-state index contributed by atoms with van der Waals surface area (Å²) in [5.41, 5.74) is 1.29. The quantitative estimate of drug-likeness (QED) is 0.624. The average molecular weight is 332 g/mol. The number of amides is 1. The van der Waals surface area contributed by atoms with Gasteiger partial charge < -0.3 is 10.1 Å². The number of rotatable bonds is 6. The van der Waals surface area contributed by atoms with Crippen molar-refractivity contribution in [2.45, 2.75) is 19.8 Å². The Hall–Kier alpha value is -2.33. The number of unbranched alkanes of at least 4 members (excludes halogenated alkanes) is 1. The van der Waals surface area contributed by atoms with Gasteiger partial charge in [0.2, 0.25) is 0 Å².